The van der Waals surface area contributed by atoms with Crippen LogP contribution < -0.4 is 0 Å². The second-order valence-corrected chi connectivity index (χ2v) is 7.66. The molecule has 2 amide bonds. The average Bonchev–Trinajstić information content (AvgIpc) is 3.14. The van der Waals surface area contributed by atoms with Gasteiger partial charge in [-0.3, -0.25) is 19.2 Å². The first-order valence-corrected chi connectivity index (χ1v) is 9.20. The van der Waals surface area contributed by atoms with Crippen molar-refractivity contribution in [2.75, 3.05) is 40.3 Å². The molecule has 2 saturated heterocycles. The summed E-state index contributed by atoms with van der Waals surface area (Å²) < 4.78 is 1.80. The van der Waals surface area contributed by atoms with Gasteiger partial charge in [0, 0.05) is 59.3 Å². The first-order valence-electron chi connectivity index (χ1n) is 9.20. The molecule has 1 spiro atoms. The minimum absolute atomic E-state index is 0.121. The molecule has 7 nitrogen and oxygen atoms in total. The molecule has 26 heavy (non-hydrogen) atoms. The van der Waals surface area contributed by atoms with Gasteiger partial charge >= 0.3 is 0 Å². The van der Waals surface area contributed by atoms with E-state index < -0.39 is 0 Å². The van der Waals surface area contributed by atoms with E-state index in [2.05, 4.69) is 16.6 Å². The van der Waals surface area contributed by atoms with Gasteiger partial charge in [0.1, 0.15) is 0 Å². The molecule has 2 aliphatic heterocycles. The van der Waals surface area contributed by atoms with Crippen LogP contribution in [0.3, 0.4) is 0 Å². The van der Waals surface area contributed by atoms with Crippen molar-refractivity contribution < 1.29 is 9.59 Å². The van der Waals surface area contributed by atoms with Crippen molar-refractivity contribution in [1.82, 2.24) is 24.5 Å². The molecule has 0 aliphatic carbocycles. The Hall–Kier alpha value is -2.15. The zero-order valence-electron chi connectivity index (χ0n) is 16.0. The number of hydrogen-bond donors (Lipinski definition) is 0. The number of amides is 2. The predicted octanol–water partition coefficient (Wildman–Crippen LogP) is 0.845. The van der Waals surface area contributed by atoms with Gasteiger partial charge in [0.2, 0.25) is 11.8 Å². The third-order valence-corrected chi connectivity index (χ3v) is 5.88. The fourth-order valence-corrected chi connectivity index (χ4v) is 4.42. The fourth-order valence-electron chi connectivity index (χ4n) is 4.42. The van der Waals surface area contributed by atoms with Gasteiger partial charge in [-0.2, -0.15) is 5.10 Å². The van der Waals surface area contributed by atoms with Crippen molar-refractivity contribution in [3.63, 3.8) is 0 Å². The van der Waals surface area contributed by atoms with Gasteiger partial charge in [-0.25, -0.2) is 0 Å². The molecule has 2 aliphatic rings. The van der Waals surface area contributed by atoms with Crippen LogP contribution in [0.2, 0.25) is 0 Å². The molecule has 1 aromatic heterocycles. The molecule has 1 atom stereocenters. The van der Waals surface area contributed by atoms with E-state index >= 15 is 0 Å². The van der Waals surface area contributed by atoms with Gasteiger partial charge in [0.25, 0.3) is 0 Å². The van der Waals surface area contributed by atoms with Crippen LogP contribution in [-0.2, 0) is 16.6 Å². The van der Waals surface area contributed by atoms with Crippen molar-refractivity contribution in [3.05, 3.63) is 30.6 Å². The Morgan fingerprint density at radius 2 is 2.12 bits per heavy atom. The second-order valence-electron chi connectivity index (χ2n) is 7.66. The summed E-state index contributed by atoms with van der Waals surface area (Å²) in [4.78, 5) is 30.6. The van der Waals surface area contributed by atoms with Crippen LogP contribution in [0.4, 0.5) is 0 Å². The molecule has 3 rings (SSSR count). The summed E-state index contributed by atoms with van der Waals surface area (Å²) in [5.41, 5.74) is 0.927. The van der Waals surface area contributed by atoms with Crippen molar-refractivity contribution in [3.8, 4) is 0 Å². The Kier molecular flexibility index (Phi) is 5.18. The lowest BCUT2D eigenvalue weighted by Gasteiger charge is -2.47. The lowest BCUT2D eigenvalue weighted by atomic mass is 9.74. The van der Waals surface area contributed by atoms with Crippen LogP contribution in [0, 0.1) is 0 Å². The number of carbonyl (C=O) groups excluding carboxylic acids is 2. The van der Waals surface area contributed by atoms with Gasteiger partial charge in [-0.15, -0.1) is 6.58 Å². The smallest absolute Gasteiger partial charge is 0.236 e. The molecule has 0 unspecified atom stereocenters. The predicted molar refractivity (Wildman–Crippen MR) is 99.6 cm³/mol. The lowest BCUT2D eigenvalue weighted by molar-refractivity contribution is -0.134. The van der Waals surface area contributed by atoms with Gasteiger partial charge in [-0.1, -0.05) is 6.08 Å². The van der Waals surface area contributed by atoms with Gasteiger partial charge in [0.05, 0.1) is 18.3 Å². The molecule has 0 aromatic carbocycles. The Labute approximate surface area is 155 Å². The number of aryl methyl sites for hydroxylation is 1. The molecule has 3 heterocycles. The molecular weight excluding hydrogens is 330 g/mol. The molecule has 0 saturated carbocycles. The third-order valence-electron chi connectivity index (χ3n) is 5.88. The standard InChI is InChI=1S/C19H29N5O2/c1-5-8-24-17(25)11-16(15-12-20-22(4)13-15)19(24)6-9-23(10-7-19)14-18(26)21(2)3/h5,12-13,16H,1,6-11,14H2,2-4H3/t16-/m1/s1. The van der Waals surface area contributed by atoms with Crippen molar-refractivity contribution in [2.24, 2.45) is 7.05 Å². The maximum atomic E-state index is 12.8. The van der Waals surface area contributed by atoms with Crippen molar-refractivity contribution >= 4 is 11.8 Å². The fraction of sp³-hybridized carbons (Fsp3) is 0.632. The SMILES string of the molecule is C=CCN1C(=O)C[C@H](c2cnn(C)c2)C12CCN(CC(=O)N(C)C)CC2. The third kappa shape index (κ3) is 3.28. The molecular formula is C19H29N5O2. The minimum atomic E-state index is -0.202. The number of nitrogens with zero attached hydrogens (tertiary/aromatic N) is 5. The van der Waals surface area contributed by atoms with Crippen LogP contribution in [0.5, 0.6) is 0 Å². The maximum absolute atomic E-state index is 12.8. The van der Waals surface area contributed by atoms with E-state index in [0.717, 1.165) is 31.5 Å². The Bertz CT molecular complexity index is 688. The number of likely N-dealkylation sites (N-methyl/N-ethyl adjacent to an activating group) is 1. The number of aromatic nitrogens is 2. The Balaban J connectivity index is 1.82. The van der Waals surface area contributed by atoms with E-state index in [-0.39, 0.29) is 23.3 Å². The highest BCUT2D eigenvalue weighted by Gasteiger charge is 2.54. The second kappa shape index (κ2) is 7.23. The largest absolute Gasteiger partial charge is 0.348 e. The Morgan fingerprint density at radius 3 is 2.65 bits per heavy atom. The van der Waals surface area contributed by atoms with Crippen LogP contribution in [0.15, 0.2) is 25.0 Å². The molecule has 2 fully saturated rings. The number of likely N-dealkylation sites (tertiary alicyclic amines) is 2. The van der Waals surface area contributed by atoms with Crippen LogP contribution in [0.25, 0.3) is 0 Å². The van der Waals surface area contributed by atoms with Crippen molar-refractivity contribution in [1.29, 1.82) is 0 Å². The number of piperidine rings is 1. The average molecular weight is 359 g/mol. The number of carbonyl (C=O) groups is 2. The quantitative estimate of drug-likeness (QED) is 0.731. The highest BCUT2D eigenvalue weighted by molar-refractivity contribution is 5.82. The summed E-state index contributed by atoms with van der Waals surface area (Å²) in [7, 11) is 5.48. The summed E-state index contributed by atoms with van der Waals surface area (Å²) in [6.45, 7) is 6.49. The van der Waals surface area contributed by atoms with E-state index in [1.807, 2.05) is 30.4 Å². The highest BCUT2D eigenvalue weighted by Crippen LogP contribution is 2.48. The maximum Gasteiger partial charge on any atom is 0.236 e. The van der Waals surface area contributed by atoms with E-state index in [4.69, 9.17) is 0 Å². The summed E-state index contributed by atoms with van der Waals surface area (Å²) >= 11 is 0. The van der Waals surface area contributed by atoms with Crippen LogP contribution in [-0.4, -0.2) is 82.1 Å². The molecule has 0 N–H and O–H groups in total. The van der Waals surface area contributed by atoms with Crippen molar-refractivity contribution in [2.45, 2.75) is 30.7 Å². The van der Waals surface area contributed by atoms with Gasteiger partial charge in [0.15, 0.2) is 0 Å². The molecule has 0 bridgehead atoms. The number of rotatable bonds is 5. The summed E-state index contributed by atoms with van der Waals surface area (Å²) in [5, 5.41) is 4.32. The Morgan fingerprint density at radius 1 is 1.42 bits per heavy atom. The van der Waals surface area contributed by atoms with E-state index in [1.54, 1.807) is 23.7 Å². The normalized spacial score (nSPS) is 22.8. The topological polar surface area (TPSA) is 61.7 Å². The van der Waals surface area contributed by atoms with E-state index in [1.165, 1.54) is 0 Å². The summed E-state index contributed by atoms with van der Waals surface area (Å²) in [6, 6.07) is 0. The monoisotopic (exact) mass is 359 g/mol. The van der Waals surface area contributed by atoms with Gasteiger partial charge in [-0.05, 0) is 18.4 Å². The van der Waals surface area contributed by atoms with Gasteiger partial charge < -0.3 is 9.80 Å². The minimum Gasteiger partial charge on any atom is -0.348 e. The highest BCUT2D eigenvalue weighted by atomic mass is 16.2. The van der Waals surface area contributed by atoms with E-state index in [9.17, 15) is 9.59 Å². The van der Waals surface area contributed by atoms with Crippen LogP contribution in [0.1, 0.15) is 30.7 Å². The summed E-state index contributed by atoms with van der Waals surface area (Å²) in [5.74, 6) is 0.460. The first kappa shape index (κ1) is 18.6. The lowest BCUT2D eigenvalue weighted by Crippen LogP contribution is -2.56. The zero-order chi connectivity index (χ0) is 18.9. The molecule has 142 valence electrons. The molecule has 0 radical (unpaired) electrons. The molecule has 7 heteroatoms. The van der Waals surface area contributed by atoms with E-state index in [0.29, 0.717) is 19.5 Å². The first-order chi connectivity index (χ1) is 12.4. The number of hydrogen-bond acceptors (Lipinski definition) is 4. The summed E-state index contributed by atoms with van der Waals surface area (Å²) in [6.07, 6.45) is 7.99. The van der Waals surface area contributed by atoms with Crippen LogP contribution >= 0.6 is 0 Å². The zero-order valence-corrected chi connectivity index (χ0v) is 16.0. The molecule has 1 aromatic rings.